The Hall–Kier alpha value is -1.14. The van der Waals surface area contributed by atoms with Gasteiger partial charge in [-0.1, -0.05) is 0 Å². The zero-order valence-electron chi connectivity index (χ0n) is 10.4. The highest BCUT2D eigenvalue weighted by atomic mass is 79.9. The van der Waals surface area contributed by atoms with E-state index in [9.17, 15) is 0 Å². The summed E-state index contributed by atoms with van der Waals surface area (Å²) in [6, 6.07) is 2.69. The maximum atomic E-state index is 5.17. The molecule has 0 aromatic carbocycles. The van der Waals surface area contributed by atoms with Crippen LogP contribution in [0.1, 0.15) is 19.9 Å². The minimum atomic E-state index is 0.315. The van der Waals surface area contributed by atoms with Crippen LogP contribution >= 0.6 is 15.9 Å². The topological polar surface area (TPSA) is 52.0 Å². The maximum absolute atomic E-state index is 5.17. The van der Waals surface area contributed by atoms with Gasteiger partial charge in [0, 0.05) is 12.2 Å². The zero-order valence-corrected chi connectivity index (χ0v) is 11.9. The fraction of sp³-hybridized carbons (Fsp3) is 0.500. The number of hydrogen-bond acceptors (Lipinski definition) is 4. The van der Waals surface area contributed by atoms with Crippen molar-refractivity contribution in [1.82, 2.24) is 14.8 Å². The van der Waals surface area contributed by atoms with E-state index in [1.54, 1.807) is 0 Å². The van der Waals surface area contributed by atoms with E-state index in [0.717, 1.165) is 34.5 Å². The summed E-state index contributed by atoms with van der Waals surface area (Å²) in [5.74, 6) is 0.895. The Balaban J connectivity index is 2.07. The lowest BCUT2D eigenvalue weighted by molar-refractivity contribution is 0.0210. The van der Waals surface area contributed by atoms with Crippen LogP contribution in [-0.4, -0.2) is 34.0 Å². The second-order valence-corrected chi connectivity index (χ2v) is 5.60. The first-order valence-electron chi connectivity index (χ1n) is 6.03. The lowest BCUT2D eigenvalue weighted by Crippen LogP contribution is -2.40. The Morgan fingerprint density at radius 3 is 2.89 bits per heavy atom. The molecule has 18 heavy (non-hydrogen) atoms. The summed E-state index contributed by atoms with van der Waals surface area (Å²) in [5, 5.41) is 9.10. The number of hydrogen-bond donors (Lipinski definition) is 1. The summed E-state index contributed by atoms with van der Waals surface area (Å²) in [6.45, 7) is 5.74. The van der Waals surface area contributed by atoms with Crippen LogP contribution in [0.25, 0.3) is 10.9 Å². The molecule has 96 valence electrons. The van der Waals surface area contributed by atoms with Gasteiger partial charge >= 0.3 is 0 Å². The first-order chi connectivity index (χ1) is 8.65. The van der Waals surface area contributed by atoms with Crippen LogP contribution in [0.2, 0.25) is 0 Å². The van der Waals surface area contributed by atoms with Crippen molar-refractivity contribution < 1.29 is 4.74 Å². The Morgan fingerprint density at radius 1 is 1.50 bits per heavy atom. The van der Waals surface area contributed by atoms with Crippen molar-refractivity contribution in [2.75, 3.05) is 18.5 Å². The highest BCUT2D eigenvalue weighted by molar-refractivity contribution is 9.10. The molecule has 1 N–H and O–H groups in total. The van der Waals surface area contributed by atoms with E-state index in [0.29, 0.717) is 12.1 Å². The molecule has 2 aromatic heterocycles. The van der Waals surface area contributed by atoms with Crippen molar-refractivity contribution in [1.29, 1.82) is 0 Å². The third-order valence-corrected chi connectivity index (χ3v) is 3.46. The molecule has 0 spiro atoms. The van der Waals surface area contributed by atoms with Gasteiger partial charge in [0.1, 0.15) is 4.60 Å². The quantitative estimate of drug-likeness (QED) is 0.885. The average Bonchev–Trinajstić information content (AvgIpc) is 2.61. The van der Waals surface area contributed by atoms with Gasteiger partial charge in [-0.3, -0.25) is 4.68 Å². The Bertz CT molecular complexity index is 577. The van der Waals surface area contributed by atoms with Crippen LogP contribution in [0.15, 0.2) is 16.9 Å². The van der Waals surface area contributed by atoms with Crippen LogP contribution in [0.5, 0.6) is 0 Å². The number of pyridine rings is 1. The second kappa shape index (κ2) is 4.51. The molecule has 6 heteroatoms. The number of anilines is 1. The first kappa shape index (κ1) is 11.9. The summed E-state index contributed by atoms with van der Waals surface area (Å²) in [4.78, 5) is 4.28. The van der Waals surface area contributed by atoms with Crippen LogP contribution in [0.3, 0.4) is 0 Å². The van der Waals surface area contributed by atoms with Gasteiger partial charge in [-0.05, 0) is 35.8 Å². The molecule has 2 aromatic rings. The number of fused-ring (bicyclic) bond motifs is 1. The molecular weight excluding hydrogens is 296 g/mol. The van der Waals surface area contributed by atoms with E-state index < -0.39 is 0 Å². The standard InChI is InChI=1S/C12H15BrN4O/c1-7(2)17-10-3-11(13)14-4-9(10)12(16-17)15-8-5-18-6-8/h3-4,7-8H,5-6H2,1-2H3,(H,15,16). The lowest BCUT2D eigenvalue weighted by Gasteiger charge is -2.26. The molecule has 3 rings (SSSR count). The lowest BCUT2D eigenvalue weighted by atomic mass is 10.2. The Kier molecular flexibility index (Phi) is 2.99. The Labute approximate surface area is 114 Å². The monoisotopic (exact) mass is 310 g/mol. The molecule has 0 amide bonds. The summed E-state index contributed by atoms with van der Waals surface area (Å²) in [5.41, 5.74) is 1.09. The average molecular weight is 311 g/mol. The van der Waals surface area contributed by atoms with Gasteiger partial charge in [0.15, 0.2) is 5.82 Å². The fourth-order valence-corrected chi connectivity index (χ4v) is 2.34. The highest BCUT2D eigenvalue weighted by Crippen LogP contribution is 2.27. The third-order valence-electron chi connectivity index (χ3n) is 3.03. The second-order valence-electron chi connectivity index (χ2n) is 4.79. The van der Waals surface area contributed by atoms with E-state index in [4.69, 9.17) is 4.74 Å². The van der Waals surface area contributed by atoms with Gasteiger partial charge in [-0.2, -0.15) is 5.10 Å². The van der Waals surface area contributed by atoms with E-state index in [2.05, 4.69) is 45.2 Å². The van der Waals surface area contributed by atoms with Gasteiger partial charge in [-0.25, -0.2) is 4.98 Å². The summed E-state index contributed by atoms with van der Waals surface area (Å²) in [6.07, 6.45) is 1.85. The molecule has 0 bridgehead atoms. The number of nitrogens with one attached hydrogen (secondary N) is 1. The van der Waals surface area contributed by atoms with Crippen LogP contribution in [0.4, 0.5) is 5.82 Å². The molecule has 0 saturated carbocycles. The number of ether oxygens (including phenoxy) is 1. The molecule has 0 unspecified atom stereocenters. The maximum Gasteiger partial charge on any atom is 0.157 e. The van der Waals surface area contributed by atoms with Gasteiger partial charge in [0.2, 0.25) is 0 Å². The van der Waals surface area contributed by atoms with Crippen LogP contribution < -0.4 is 5.32 Å². The predicted octanol–water partition coefficient (Wildman–Crippen LogP) is 2.59. The molecule has 3 heterocycles. The van der Waals surface area contributed by atoms with Gasteiger partial charge in [0.25, 0.3) is 0 Å². The molecule has 0 aliphatic carbocycles. The van der Waals surface area contributed by atoms with Gasteiger partial charge in [0.05, 0.1) is 30.2 Å². The van der Waals surface area contributed by atoms with Gasteiger partial charge < -0.3 is 10.1 Å². The van der Waals surface area contributed by atoms with Crippen molar-refractivity contribution in [3.05, 3.63) is 16.9 Å². The summed E-state index contributed by atoms with van der Waals surface area (Å²) >= 11 is 3.41. The number of rotatable bonds is 3. The number of halogens is 1. The Morgan fingerprint density at radius 2 is 2.28 bits per heavy atom. The molecule has 1 fully saturated rings. The minimum Gasteiger partial charge on any atom is -0.377 e. The molecular formula is C12H15BrN4O. The summed E-state index contributed by atoms with van der Waals surface area (Å²) < 4.78 is 8.02. The van der Waals surface area contributed by atoms with E-state index >= 15 is 0 Å². The van der Waals surface area contributed by atoms with E-state index in [1.807, 2.05) is 16.9 Å². The van der Waals surface area contributed by atoms with Crippen LogP contribution in [-0.2, 0) is 4.74 Å². The smallest absolute Gasteiger partial charge is 0.157 e. The molecule has 1 saturated heterocycles. The van der Waals surface area contributed by atoms with Crippen LogP contribution in [0, 0.1) is 0 Å². The van der Waals surface area contributed by atoms with Crippen molar-refractivity contribution in [3.8, 4) is 0 Å². The number of aromatic nitrogens is 3. The van der Waals surface area contributed by atoms with E-state index in [-0.39, 0.29) is 0 Å². The van der Waals surface area contributed by atoms with E-state index in [1.165, 1.54) is 0 Å². The molecule has 1 aliphatic heterocycles. The zero-order chi connectivity index (χ0) is 12.7. The largest absolute Gasteiger partial charge is 0.377 e. The fourth-order valence-electron chi connectivity index (χ4n) is 2.02. The summed E-state index contributed by atoms with van der Waals surface area (Å²) in [7, 11) is 0. The van der Waals surface area contributed by atoms with Crippen molar-refractivity contribution in [3.63, 3.8) is 0 Å². The third kappa shape index (κ3) is 1.99. The molecule has 5 nitrogen and oxygen atoms in total. The highest BCUT2D eigenvalue weighted by Gasteiger charge is 2.21. The predicted molar refractivity (Wildman–Crippen MR) is 73.8 cm³/mol. The van der Waals surface area contributed by atoms with Crippen molar-refractivity contribution in [2.24, 2.45) is 0 Å². The molecule has 0 radical (unpaired) electrons. The van der Waals surface area contributed by atoms with Gasteiger partial charge in [-0.15, -0.1) is 0 Å². The number of nitrogens with zero attached hydrogens (tertiary/aromatic N) is 3. The molecule has 0 atom stereocenters. The first-order valence-corrected chi connectivity index (χ1v) is 6.82. The van der Waals surface area contributed by atoms with Crippen molar-refractivity contribution >= 4 is 32.7 Å². The van der Waals surface area contributed by atoms with Crippen molar-refractivity contribution in [2.45, 2.75) is 25.9 Å². The normalized spacial score (nSPS) is 16.2. The SMILES string of the molecule is CC(C)n1nc(NC2COC2)c2cnc(Br)cc21. The minimum absolute atomic E-state index is 0.315. The molecule has 1 aliphatic rings.